The van der Waals surface area contributed by atoms with E-state index in [-0.39, 0.29) is 17.4 Å². The fraction of sp³-hybridized carbons (Fsp3) is 0.909. The molecule has 15 heavy (non-hydrogen) atoms. The molecule has 0 aromatic carbocycles. The minimum absolute atomic E-state index is 0.00685. The summed E-state index contributed by atoms with van der Waals surface area (Å²) in [6.07, 6.45) is 3.50. The molecule has 1 saturated heterocycles. The smallest absolute Gasteiger partial charge is 0.306 e. The van der Waals surface area contributed by atoms with Crippen LogP contribution in [0.2, 0.25) is 0 Å². The molecule has 1 atom stereocenters. The van der Waals surface area contributed by atoms with Crippen LogP contribution in [-0.2, 0) is 9.53 Å². The molecule has 1 heterocycles. The first-order chi connectivity index (χ1) is 7.14. The Balaban J connectivity index is 2.70. The molecule has 2 N–H and O–H groups in total. The van der Waals surface area contributed by atoms with E-state index in [1.54, 1.807) is 0 Å². The van der Waals surface area contributed by atoms with Crippen LogP contribution < -0.4 is 5.73 Å². The molecule has 1 rings (SSSR count). The topological polar surface area (TPSA) is 52.3 Å². The van der Waals surface area contributed by atoms with Gasteiger partial charge < -0.3 is 10.5 Å². The van der Waals surface area contributed by atoms with Gasteiger partial charge in [0.15, 0.2) is 0 Å². The zero-order valence-electron chi connectivity index (χ0n) is 9.62. The van der Waals surface area contributed by atoms with Crippen LogP contribution in [0.1, 0.15) is 32.6 Å². The highest BCUT2D eigenvalue weighted by Gasteiger charge is 2.39. The Morgan fingerprint density at radius 3 is 2.60 bits per heavy atom. The number of rotatable bonds is 4. The van der Waals surface area contributed by atoms with E-state index in [1.807, 2.05) is 11.8 Å². The third kappa shape index (κ3) is 3.11. The predicted molar refractivity (Wildman–Crippen MR) is 63.9 cm³/mol. The van der Waals surface area contributed by atoms with Crippen molar-refractivity contribution in [3.63, 3.8) is 0 Å². The van der Waals surface area contributed by atoms with E-state index in [0.717, 1.165) is 30.8 Å². The summed E-state index contributed by atoms with van der Waals surface area (Å²) in [4.78, 5) is 11.4. The Kier molecular flexibility index (Phi) is 4.93. The fourth-order valence-corrected chi connectivity index (χ4v) is 3.56. The summed E-state index contributed by atoms with van der Waals surface area (Å²) in [5.41, 5.74) is 6.16. The number of ether oxygens (including phenoxy) is 1. The van der Waals surface area contributed by atoms with E-state index in [9.17, 15) is 4.79 Å². The Morgan fingerprint density at radius 1 is 1.53 bits per heavy atom. The Labute approximate surface area is 96.1 Å². The molecule has 0 aromatic heterocycles. The van der Waals surface area contributed by atoms with Crippen LogP contribution in [0.3, 0.4) is 0 Å². The van der Waals surface area contributed by atoms with Crippen LogP contribution in [0.15, 0.2) is 0 Å². The largest absolute Gasteiger partial charge is 0.469 e. The van der Waals surface area contributed by atoms with Gasteiger partial charge in [-0.1, -0.05) is 6.92 Å². The van der Waals surface area contributed by atoms with E-state index in [4.69, 9.17) is 10.5 Å². The lowest BCUT2D eigenvalue weighted by Gasteiger charge is -2.40. The summed E-state index contributed by atoms with van der Waals surface area (Å²) in [6.45, 7) is 2.09. The van der Waals surface area contributed by atoms with Crippen LogP contribution >= 0.6 is 11.8 Å². The maximum absolute atomic E-state index is 11.4. The number of nitrogens with two attached hydrogens (primary N) is 1. The molecule has 0 aliphatic carbocycles. The summed E-state index contributed by atoms with van der Waals surface area (Å²) in [6, 6.07) is 0.123. The number of esters is 1. The molecule has 3 nitrogen and oxygen atoms in total. The molecular weight excluding hydrogens is 210 g/mol. The quantitative estimate of drug-likeness (QED) is 0.750. The van der Waals surface area contributed by atoms with Gasteiger partial charge in [0.2, 0.25) is 0 Å². The summed E-state index contributed by atoms with van der Waals surface area (Å²) >= 11 is 1.95. The predicted octanol–water partition coefficient (Wildman–Crippen LogP) is 1.80. The number of hydrogen-bond donors (Lipinski definition) is 1. The lowest BCUT2D eigenvalue weighted by Crippen LogP contribution is -2.45. The van der Waals surface area contributed by atoms with Crippen molar-refractivity contribution in [1.82, 2.24) is 0 Å². The lowest BCUT2D eigenvalue weighted by molar-refractivity contribution is -0.144. The van der Waals surface area contributed by atoms with Gasteiger partial charge in [-0.05, 0) is 36.2 Å². The van der Waals surface area contributed by atoms with Crippen molar-refractivity contribution in [2.45, 2.75) is 38.6 Å². The Bertz CT molecular complexity index is 215. The molecule has 0 saturated carbocycles. The van der Waals surface area contributed by atoms with Gasteiger partial charge in [0.25, 0.3) is 0 Å². The molecule has 88 valence electrons. The van der Waals surface area contributed by atoms with Gasteiger partial charge in [-0.3, -0.25) is 4.79 Å². The summed E-state index contributed by atoms with van der Waals surface area (Å²) in [5, 5.41) is 0. The van der Waals surface area contributed by atoms with Gasteiger partial charge >= 0.3 is 5.97 Å². The van der Waals surface area contributed by atoms with E-state index >= 15 is 0 Å². The average molecular weight is 231 g/mol. The third-order valence-electron chi connectivity index (χ3n) is 3.44. The van der Waals surface area contributed by atoms with Crippen LogP contribution in [0.5, 0.6) is 0 Å². The molecule has 0 aromatic rings. The van der Waals surface area contributed by atoms with Gasteiger partial charge in [0, 0.05) is 6.04 Å². The highest BCUT2D eigenvalue weighted by Crippen LogP contribution is 2.41. The second-order valence-corrected chi connectivity index (χ2v) is 5.47. The second-order valence-electron chi connectivity index (χ2n) is 4.24. The normalized spacial score (nSPS) is 22.1. The van der Waals surface area contributed by atoms with Crippen molar-refractivity contribution < 1.29 is 9.53 Å². The SMILES string of the molecule is CCC(N)C1(CC(=O)OC)CCSCC1. The lowest BCUT2D eigenvalue weighted by atomic mass is 9.72. The maximum atomic E-state index is 11.4. The molecule has 1 unspecified atom stereocenters. The monoisotopic (exact) mass is 231 g/mol. The molecule has 1 aliphatic rings. The van der Waals surface area contributed by atoms with E-state index in [0.29, 0.717) is 6.42 Å². The fourth-order valence-electron chi connectivity index (χ4n) is 2.25. The average Bonchev–Trinajstić information content (AvgIpc) is 2.29. The molecule has 0 amide bonds. The third-order valence-corrected chi connectivity index (χ3v) is 4.42. The van der Waals surface area contributed by atoms with Crippen LogP contribution in [0, 0.1) is 5.41 Å². The Morgan fingerprint density at radius 2 is 2.13 bits per heavy atom. The number of thioether (sulfide) groups is 1. The van der Waals surface area contributed by atoms with E-state index in [2.05, 4.69) is 6.92 Å². The molecule has 4 heteroatoms. The first kappa shape index (κ1) is 12.8. The van der Waals surface area contributed by atoms with Crippen molar-refractivity contribution in [2.24, 2.45) is 11.1 Å². The van der Waals surface area contributed by atoms with Gasteiger partial charge in [0.05, 0.1) is 13.5 Å². The first-order valence-corrected chi connectivity index (χ1v) is 6.70. The summed E-state index contributed by atoms with van der Waals surface area (Å²) in [5.74, 6) is 2.11. The molecule has 1 aliphatic heterocycles. The molecule has 0 radical (unpaired) electrons. The number of hydrogen-bond acceptors (Lipinski definition) is 4. The van der Waals surface area contributed by atoms with Crippen LogP contribution in [0.4, 0.5) is 0 Å². The molecule has 0 bridgehead atoms. The summed E-state index contributed by atoms with van der Waals surface area (Å²) < 4.78 is 4.77. The van der Waals surface area contributed by atoms with Gasteiger partial charge in [-0.25, -0.2) is 0 Å². The Hall–Kier alpha value is -0.220. The van der Waals surface area contributed by atoms with E-state index < -0.39 is 0 Å². The van der Waals surface area contributed by atoms with Gasteiger partial charge in [-0.15, -0.1) is 0 Å². The van der Waals surface area contributed by atoms with Crippen molar-refractivity contribution in [3.05, 3.63) is 0 Å². The first-order valence-electron chi connectivity index (χ1n) is 5.55. The second kappa shape index (κ2) is 5.75. The van der Waals surface area contributed by atoms with Crippen molar-refractivity contribution in [2.75, 3.05) is 18.6 Å². The zero-order chi connectivity index (χ0) is 11.3. The van der Waals surface area contributed by atoms with Gasteiger partial charge in [0.1, 0.15) is 0 Å². The van der Waals surface area contributed by atoms with Gasteiger partial charge in [-0.2, -0.15) is 11.8 Å². The van der Waals surface area contributed by atoms with E-state index in [1.165, 1.54) is 7.11 Å². The zero-order valence-corrected chi connectivity index (χ0v) is 10.4. The minimum Gasteiger partial charge on any atom is -0.469 e. The van der Waals surface area contributed by atoms with Crippen LogP contribution in [0.25, 0.3) is 0 Å². The highest BCUT2D eigenvalue weighted by atomic mass is 32.2. The maximum Gasteiger partial charge on any atom is 0.306 e. The molecular formula is C11H21NO2S. The number of carbonyl (C=O) groups excluding carboxylic acids is 1. The standard InChI is InChI=1S/C11H21NO2S/c1-3-9(12)11(8-10(13)14-2)4-6-15-7-5-11/h9H,3-8,12H2,1-2H3. The van der Waals surface area contributed by atoms with Crippen molar-refractivity contribution >= 4 is 17.7 Å². The van der Waals surface area contributed by atoms with Crippen molar-refractivity contribution in [1.29, 1.82) is 0 Å². The van der Waals surface area contributed by atoms with Crippen molar-refractivity contribution in [3.8, 4) is 0 Å². The number of methoxy groups -OCH3 is 1. The molecule has 1 fully saturated rings. The van der Waals surface area contributed by atoms with Crippen LogP contribution in [-0.4, -0.2) is 30.6 Å². The highest BCUT2D eigenvalue weighted by molar-refractivity contribution is 7.99. The number of carbonyl (C=O) groups is 1. The molecule has 0 spiro atoms. The summed E-state index contributed by atoms with van der Waals surface area (Å²) in [7, 11) is 1.45. The minimum atomic E-state index is -0.120.